The number of nitrogens with zero attached hydrogens (tertiary/aromatic N) is 5. The second kappa shape index (κ2) is 49.7. The third kappa shape index (κ3) is 30.3. The van der Waals surface area contributed by atoms with Gasteiger partial charge in [-0.3, -0.25) is 43.3 Å². The molecule has 12 unspecified atom stereocenters. The van der Waals surface area contributed by atoms with Crippen molar-refractivity contribution >= 4 is 108 Å². The van der Waals surface area contributed by atoms with Crippen molar-refractivity contribution in [1.29, 1.82) is 0 Å². The fraction of sp³-hybridized carbons (Fsp3) is 0.625. The zero-order valence-corrected chi connectivity index (χ0v) is 71.1. The van der Waals surface area contributed by atoms with Gasteiger partial charge in [-0.2, -0.15) is 0 Å². The zero-order chi connectivity index (χ0) is 83.4. The number of halogens is 2. The quantitative estimate of drug-likeness (QED) is 0.0156. The van der Waals surface area contributed by atoms with E-state index in [4.69, 9.17) is 38.9 Å². The predicted molar refractivity (Wildman–Crippen MR) is 434 cm³/mol. The molecule has 1 aromatic heterocycles. The lowest BCUT2D eigenvalue weighted by atomic mass is 9.89. The minimum Gasteiger partial charge on any atom is -0.445 e. The molecular formula is C80H121Br2N13O18. The van der Waals surface area contributed by atoms with Crippen LogP contribution >= 0.6 is 31.9 Å². The van der Waals surface area contributed by atoms with Gasteiger partial charge in [0.15, 0.2) is 0 Å². The van der Waals surface area contributed by atoms with Crippen molar-refractivity contribution in [2.45, 2.75) is 192 Å². The third-order valence-corrected chi connectivity index (χ3v) is 21.0. The Morgan fingerprint density at radius 3 is 1.84 bits per heavy atom. The fourth-order valence-electron chi connectivity index (χ4n) is 13.4. The van der Waals surface area contributed by atoms with Gasteiger partial charge >= 0.3 is 12.1 Å². The lowest BCUT2D eigenvalue weighted by Gasteiger charge is -2.41. The van der Waals surface area contributed by atoms with Crippen LogP contribution in [0.25, 0.3) is 11.0 Å². The standard InChI is InChI=1S/C80H121Br2N13O18/c1-15-51(8)70(64(107-13)44-66(97)95-34-20-24-63(95)72(108-14)52(9)73(99)86-53(10)71(98)55-21-17-16-18-22-55)93(11)78(104)68(49(4)5)92-77(103)69(50(6)7)94(12)80(106)113-47-54-25-28-57(29-26-54)87-75(101)59(23-19-32-85-79(83)105)90-76(102)67(48(2)3)91-65(96)31-35-109-37-39-111-41-42-112-40-38-110-36-33-84-74(100)56-27-30-58-60(43-56)89-62(46-82)61(45-81)88-58/h16-18,21-22,25-30,43,48-53,59,63-64,67-72,98H,15,19-20,23-24,31-42,44-47H2,1-14H3,(H,84,100)(H,86,99)(H,87,101)(H,90,102)(H,91,96)(H,92,103)(H3,83,85,105). The summed E-state index contributed by atoms with van der Waals surface area (Å²) < 4.78 is 40.1. The highest BCUT2D eigenvalue weighted by Crippen LogP contribution is 2.31. The van der Waals surface area contributed by atoms with E-state index < -0.39 is 126 Å². The summed E-state index contributed by atoms with van der Waals surface area (Å²) in [7, 11) is 6.08. The van der Waals surface area contributed by atoms with E-state index in [9.17, 15) is 53.1 Å². The molecule has 33 heteroatoms. The highest BCUT2D eigenvalue weighted by Gasteiger charge is 2.44. The number of ether oxygens (including phenoxy) is 7. The summed E-state index contributed by atoms with van der Waals surface area (Å²) in [5.41, 5.74) is 10.2. The van der Waals surface area contributed by atoms with E-state index in [0.29, 0.717) is 109 Å². The first-order valence-corrected chi connectivity index (χ1v) is 41.0. The number of fused-ring (bicyclic) bond motifs is 1. The van der Waals surface area contributed by atoms with Gasteiger partial charge < -0.3 is 91.0 Å². The van der Waals surface area contributed by atoms with Gasteiger partial charge in [-0.05, 0) is 97.7 Å². The molecule has 1 fully saturated rings. The number of aromatic nitrogens is 2. The maximum absolute atomic E-state index is 14.9. The summed E-state index contributed by atoms with van der Waals surface area (Å²) in [5, 5.41) is 31.6. The minimum atomic E-state index is -1.13. The van der Waals surface area contributed by atoms with Crippen molar-refractivity contribution < 1.29 is 86.2 Å². The molecule has 1 aliphatic rings. The van der Waals surface area contributed by atoms with Crippen molar-refractivity contribution in [3.8, 4) is 0 Å². The Morgan fingerprint density at radius 2 is 1.27 bits per heavy atom. The number of methoxy groups -OCH3 is 2. The molecule has 4 aromatic rings. The topological polar surface area (TPSA) is 401 Å². The van der Waals surface area contributed by atoms with E-state index in [1.165, 1.54) is 26.2 Å². The molecule has 0 radical (unpaired) electrons. The number of hydrogen-bond donors (Lipinski definition) is 9. The van der Waals surface area contributed by atoms with Crippen LogP contribution in [-0.2, 0) is 84.0 Å². The molecule has 5 rings (SSSR count). The number of carbonyl (C=O) groups is 10. The molecule has 1 saturated heterocycles. The Balaban J connectivity index is 1.06. The number of likely N-dealkylation sites (N-methyl/N-ethyl adjacent to an activating group) is 2. The molecule has 10 N–H and O–H groups in total. The molecule has 113 heavy (non-hydrogen) atoms. The number of benzene rings is 3. The highest BCUT2D eigenvalue weighted by molar-refractivity contribution is 9.09. The first kappa shape index (κ1) is 95.6. The van der Waals surface area contributed by atoms with Crippen LogP contribution in [-0.4, -0.2) is 244 Å². The van der Waals surface area contributed by atoms with Gasteiger partial charge in [0, 0.05) is 76.3 Å². The van der Waals surface area contributed by atoms with Crippen molar-refractivity contribution in [3.05, 3.63) is 101 Å². The number of amides is 11. The molecule has 1 aliphatic heterocycles. The van der Waals surface area contributed by atoms with E-state index in [-0.39, 0.29) is 82.3 Å². The van der Waals surface area contributed by atoms with E-state index >= 15 is 0 Å². The molecule has 11 amide bonds. The van der Waals surface area contributed by atoms with Gasteiger partial charge in [0.2, 0.25) is 41.4 Å². The van der Waals surface area contributed by atoms with Gasteiger partial charge in [-0.15, -0.1) is 0 Å². The molecular weight excluding hydrogens is 1590 g/mol. The summed E-state index contributed by atoms with van der Waals surface area (Å²) in [6.45, 7) is 20.7. The zero-order valence-electron chi connectivity index (χ0n) is 67.9. The van der Waals surface area contributed by atoms with Crippen LogP contribution in [0.3, 0.4) is 0 Å². The molecule has 0 bridgehead atoms. The number of nitrogens with two attached hydrogens (primary N) is 1. The van der Waals surface area contributed by atoms with Crippen LogP contribution in [0, 0.1) is 29.6 Å². The van der Waals surface area contributed by atoms with Gasteiger partial charge in [0.05, 0.1) is 124 Å². The van der Waals surface area contributed by atoms with E-state index in [1.807, 2.05) is 32.0 Å². The minimum absolute atomic E-state index is 0.0431. The van der Waals surface area contributed by atoms with Crippen LogP contribution in [0.4, 0.5) is 15.3 Å². The Hall–Kier alpha value is -8.02. The van der Waals surface area contributed by atoms with E-state index in [2.05, 4.69) is 79.0 Å². The normalized spacial score (nSPS) is 15.8. The number of rotatable bonds is 50. The molecule has 0 saturated carbocycles. The second-order valence-electron chi connectivity index (χ2n) is 29.3. The van der Waals surface area contributed by atoms with E-state index in [0.717, 1.165) is 11.4 Å². The number of aliphatic hydroxyl groups excluding tert-OH is 1. The molecule has 0 spiro atoms. The summed E-state index contributed by atoms with van der Waals surface area (Å²) in [5.74, 6) is -5.66. The molecule has 31 nitrogen and oxygen atoms in total. The maximum atomic E-state index is 14.9. The Bertz CT molecular complexity index is 3680. The van der Waals surface area contributed by atoms with Crippen molar-refractivity contribution in [2.75, 3.05) is 106 Å². The maximum Gasteiger partial charge on any atom is 0.410 e. The number of likely N-dealkylation sites (tertiary alicyclic amines) is 1. The molecule has 3 aromatic carbocycles. The van der Waals surface area contributed by atoms with Gasteiger partial charge in [-0.1, -0.05) is 143 Å². The lowest BCUT2D eigenvalue weighted by Crippen LogP contribution is -2.60. The fourth-order valence-corrected chi connectivity index (χ4v) is 14.3. The molecule has 0 aliphatic carbocycles. The van der Waals surface area contributed by atoms with Crippen LogP contribution < -0.4 is 43.0 Å². The SMILES string of the molecule is CCC(C)C(C(CC(=O)N1CCCC1C(OC)C(C)C(=O)NC(C)C(O)c1ccccc1)OC)N(C)C(=O)C(NC(=O)C(C(C)C)N(C)C(=O)OCc1ccc(NC(=O)C(CCCNC(N)=O)NC(=O)C(NC(=O)CCOCCOCCOCCOCCNC(=O)c2ccc3nc(CBr)c(CBr)nc3c2)C(C)C)cc1)C(C)C. The van der Waals surface area contributed by atoms with Gasteiger partial charge in [0.1, 0.15) is 30.8 Å². The number of primary amides is 1. The number of urea groups is 1. The third-order valence-electron chi connectivity index (χ3n) is 20.0. The largest absolute Gasteiger partial charge is 0.445 e. The highest BCUT2D eigenvalue weighted by atomic mass is 79.9. The smallest absolute Gasteiger partial charge is 0.410 e. The number of nitrogens with one attached hydrogen (secondary N) is 7. The van der Waals surface area contributed by atoms with E-state index in [1.54, 1.807) is 127 Å². The van der Waals surface area contributed by atoms with Crippen molar-refractivity contribution in [2.24, 2.45) is 35.3 Å². The Morgan fingerprint density at radius 1 is 0.655 bits per heavy atom. The predicted octanol–water partition coefficient (Wildman–Crippen LogP) is 7.21. The Labute approximate surface area is 681 Å². The molecule has 2 heterocycles. The van der Waals surface area contributed by atoms with Crippen LogP contribution in [0.1, 0.15) is 153 Å². The number of alkyl halides is 2. The first-order chi connectivity index (χ1) is 53.9. The van der Waals surface area contributed by atoms with Crippen LogP contribution in [0.5, 0.6) is 0 Å². The first-order valence-electron chi connectivity index (χ1n) is 38.8. The molecule has 628 valence electrons. The summed E-state index contributed by atoms with van der Waals surface area (Å²) in [6.07, 6.45) is -1.19. The number of hydrogen-bond acceptors (Lipinski definition) is 20. The summed E-state index contributed by atoms with van der Waals surface area (Å²) in [4.78, 5) is 150. The van der Waals surface area contributed by atoms with Crippen LogP contribution in [0.15, 0.2) is 72.8 Å². The van der Waals surface area contributed by atoms with Gasteiger partial charge in [-0.25, -0.2) is 19.6 Å². The van der Waals surface area contributed by atoms with Crippen LogP contribution in [0.2, 0.25) is 0 Å². The molecule has 12 atom stereocenters. The average molecular weight is 1710 g/mol. The Kier molecular flexibility index (Phi) is 42.0. The second-order valence-corrected chi connectivity index (χ2v) is 30.5. The number of anilines is 1. The summed E-state index contributed by atoms with van der Waals surface area (Å²) in [6, 6.07) is 13.9. The number of aliphatic hydroxyl groups is 1. The number of carbonyl (C=O) groups excluding carboxylic acids is 10. The monoisotopic (exact) mass is 1710 g/mol. The lowest BCUT2D eigenvalue weighted by molar-refractivity contribution is -0.148. The van der Waals surface area contributed by atoms with Crippen molar-refractivity contribution in [1.82, 2.24) is 56.6 Å². The van der Waals surface area contributed by atoms with Crippen molar-refractivity contribution in [3.63, 3.8) is 0 Å². The average Bonchev–Trinajstić information content (AvgIpc) is 1.80. The summed E-state index contributed by atoms with van der Waals surface area (Å²) >= 11 is 6.88. The van der Waals surface area contributed by atoms with Gasteiger partial charge in [0.25, 0.3) is 5.91 Å².